The number of hydrogen-bond donors (Lipinski definition) is 3. The van der Waals surface area contributed by atoms with Crippen molar-refractivity contribution in [2.75, 3.05) is 51.9 Å². The number of benzene rings is 1. The summed E-state index contributed by atoms with van der Waals surface area (Å²) >= 11 is 0. The van der Waals surface area contributed by atoms with Crippen molar-refractivity contribution in [3.8, 4) is 0 Å². The Balaban J connectivity index is 0.00000338. The fourth-order valence-electron chi connectivity index (χ4n) is 2.46. The maximum absolute atomic E-state index is 11.9. The highest BCUT2D eigenvalue weighted by molar-refractivity contribution is 14.0. The summed E-state index contributed by atoms with van der Waals surface area (Å²) in [6.07, 6.45) is 1.98. The highest BCUT2D eigenvalue weighted by Gasteiger charge is 2.15. The molecule has 1 aromatic rings. The van der Waals surface area contributed by atoms with Crippen LogP contribution in [0.25, 0.3) is 0 Å². The van der Waals surface area contributed by atoms with Gasteiger partial charge in [-0.1, -0.05) is 18.2 Å². The van der Waals surface area contributed by atoms with Crippen molar-refractivity contribution in [3.63, 3.8) is 0 Å². The van der Waals surface area contributed by atoms with E-state index in [-0.39, 0.29) is 36.4 Å². The Hall–Kier alpha value is -1.39. The van der Waals surface area contributed by atoms with Crippen LogP contribution < -0.4 is 16.0 Å². The molecule has 1 aliphatic heterocycles. The molecule has 2 rings (SSSR count). The first-order valence-corrected chi connectivity index (χ1v) is 8.73. The summed E-state index contributed by atoms with van der Waals surface area (Å²) in [5.74, 6) is 1.04. The molecule has 1 unspecified atom stereocenters. The van der Waals surface area contributed by atoms with E-state index in [0.717, 1.165) is 44.9 Å². The van der Waals surface area contributed by atoms with Crippen molar-refractivity contribution in [1.29, 1.82) is 0 Å². The van der Waals surface area contributed by atoms with Crippen molar-refractivity contribution in [2.24, 2.45) is 10.9 Å². The lowest BCUT2D eigenvalue weighted by atomic mass is 10.1. The molecule has 146 valence electrons. The molecular formula is C18H29IN4O3. The van der Waals surface area contributed by atoms with E-state index in [1.807, 2.05) is 30.3 Å². The zero-order valence-electron chi connectivity index (χ0n) is 15.2. The number of amides is 1. The van der Waals surface area contributed by atoms with E-state index in [1.165, 1.54) is 0 Å². The number of nitrogens with zero attached hydrogens (tertiary/aromatic N) is 1. The number of rotatable bonds is 9. The third-order valence-corrected chi connectivity index (χ3v) is 3.83. The van der Waals surface area contributed by atoms with Crippen LogP contribution in [0.15, 0.2) is 35.3 Å². The summed E-state index contributed by atoms with van der Waals surface area (Å²) in [6.45, 7) is 4.05. The number of ether oxygens (including phenoxy) is 2. The quantitative estimate of drug-likeness (QED) is 0.219. The maximum atomic E-state index is 11.9. The summed E-state index contributed by atoms with van der Waals surface area (Å²) in [4.78, 5) is 16.0. The van der Waals surface area contributed by atoms with Crippen LogP contribution >= 0.6 is 24.0 Å². The van der Waals surface area contributed by atoms with Gasteiger partial charge in [0.25, 0.3) is 0 Å². The van der Waals surface area contributed by atoms with Gasteiger partial charge in [0.15, 0.2) is 5.96 Å². The third kappa shape index (κ3) is 9.35. The van der Waals surface area contributed by atoms with Crippen LogP contribution in [0.1, 0.15) is 12.8 Å². The first-order valence-electron chi connectivity index (χ1n) is 8.73. The standard InChI is InChI=1S/C18H28N4O3.HI/c1-19-18(20-9-5-10-24-13-15-8-11-25-14-15)21-12-17(23)22-16-6-3-2-4-7-16;/h2-4,6-7,15H,5,8-14H2,1H3,(H,22,23)(H2,19,20,21);1H. The van der Waals surface area contributed by atoms with E-state index in [2.05, 4.69) is 20.9 Å². The van der Waals surface area contributed by atoms with E-state index in [4.69, 9.17) is 9.47 Å². The highest BCUT2D eigenvalue weighted by Crippen LogP contribution is 2.12. The Morgan fingerprint density at radius 2 is 2.12 bits per heavy atom. The lowest BCUT2D eigenvalue weighted by Gasteiger charge is -2.12. The van der Waals surface area contributed by atoms with Gasteiger partial charge in [0, 0.05) is 38.4 Å². The predicted octanol–water partition coefficient (Wildman–Crippen LogP) is 1.85. The van der Waals surface area contributed by atoms with Crippen LogP contribution in [0.3, 0.4) is 0 Å². The molecule has 8 heteroatoms. The maximum Gasteiger partial charge on any atom is 0.243 e. The van der Waals surface area contributed by atoms with Crippen LogP contribution in [0.2, 0.25) is 0 Å². The lowest BCUT2D eigenvalue weighted by molar-refractivity contribution is -0.115. The van der Waals surface area contributed by atoms with Gasteiger partial charge in [0.2, 0.25) is 5.91 Å². The van der Waals surface area contributed by atoms with Crippen LogP contribution in [0.5, 0.6) is 0 Å². The van der Waals surface area contributed by atoms with E-state index in [9.17, 15) is 4.79 Å². The largest absolute Gasteiger partial charge is 0.381 e. The van der Waals surface area contributed by atoms with Crippen LogP contribution in [-0.4, -0.2) is 58.4 Å². The Morgan fingerprint density at radius 3 is 2.81 bits per heavy atom. The van der Waals surface area contributed by atoms with Crippen molar-refractivity contribution in [1.82, 2.24) is 10.6 Å². The monoisotopic (exact) mass is 476 g/mol. The number of carbonyl (C=O) groups is 1. The fraction of sp³-hybridized carbons (Fsp3) is 0.556. The van der Waals surface area contributed by atoms with E-state index >= 15 is 0 Å². The first kappa shape index (κ1) is 22.7. The van der Waals surface area contributed by atoms with Crippen molar-refractivity contribution < 1.29 is 14.3 Å². The van der Waals surface area contributed by atoms with E-state index in [1.54, 1.807) is 7.05 Å². The number of para-hydroxylation sites is 1. The minimum Gasteiger partial charge on any atom is -0.381 e. The number of guanidine groups is 1. The number of carbonyl (C=O) groups excluding carboxylic acids is 1. The van der Waals surface area contributed by atoms with Crippen LogP contribution in [-0.2, 0) is 14.3 Å². The molecular weight excluding hydrogens is 447 g/mol. The third-order valence-electron chi connectivity index (χ3n) is 3.83. The molecule has 0 saturated carbocycles. The Kier molecular flexibility index (Phi) is 12.0. The normalized spacial score (nSPS) is 16.7. The second-order valence-electron chi connectivity index (χ2n) is 5.92. The summed E-state index contributed by atoms with van der Waals surface area (Å²) in [5, 5.41) is 8.98. The zero-order chi connectivity index (χ0) is 17.7. The predicted molar refractivity (Wildman–Crippen MR) is 114 cm³/mol. The summed E-state index contributed by atoms with van der Waals surface area (Å²) in [5.41, 5.74) is 0.780. The second kappa shape index (κ2) is 13.8. The average molecular weight is 476 g/mol. The van der Waals surface area contributed by atoms with Crippen LogP contribution in [0, 0.1) is 5.92 Å². The Labute approximate surface area is 172 Å². The molecule has 26 heavy (non-hydrogen) atoms. The number of halogens is 1. The fourth-order valence-corrected chi connectivity index (χ4v) is 2.46. The summed E-state index contributed by atoms with van der Waals surface area (Å²) in [6, 6.07) is 9.37. The summed E-state index contributed by atoms with van der Waals surface area (Å²) in [7, 11) is 1.68. The van der Waals surface area contributed by atoms with Crippen molar-refractivity contribution in [3.05, 3.63) is 30.3 Å². The van der Waals surface area contributed by atoms with E-state index in [0.29, 0.717) is 18.5 Å². The highest BCUT2D eigenvalue weighted by atomic mass is 127. The molecule has 1 aromatic carbocycles. The minimum atomic E-state index is -0.115. The molecule has 1 heterocycles. The molecule has 3 N–H and O–H groups in total. The zero-order valence-corrected chi connectivity index (χ0v) is 17.5. The van der Waals surface area contributed by atoms with Gasteiger partial charge in [0.1, 0.15) is 0 Å². The number of aliphatic imine (C=N–C) groups is 1. The van der Waals surface area contributed by atoms with Gasteiger partial charge in [-0.05, 0) is 25.0 Å². The van der Waals surface area contributed by atoms with Crippen molar-refractivity contribution in [2.45, 2.75) is 12.8 Å². The second-order valence-corrected chi connectivity index (χ2v) is 5.92. The molecule has 0 radical (unpaired) electrons. The molecule has 7 nitrogen and oxygen atoms in total. The topological polar surface area (TPSA) is 84.0 Å². The molecule has 0 aliphatic carbocycles. The molecule has 1 aliphatic rings. The van der Waals surface area contributed by atoms with Crippen LogP contribution in [0.4, 0.5) is 5.69 Å². The molecule has 1 atom stereocenters. The van der Waals surface area contributed by atoms with Crippen molar-refractivity contribution >= 4 is 41.5 Å². The first-order chi connectivity index (χ1) is 12.3. The molecule has 0 aromatic heterocycles. The molecule has 0 spiro atoms. The van der Waals surface area contributed by atoms with Gasteiger partial charge < -0.3 is 25.4 Å². The molecule has 0 bridgehead atoms. The number of hydrogen-bond acceptors (Lipinski definition) is 4. The number of anilines is 1. The van der Waals surface area contributed by atoms with Gasteiger partial charge in [0.05, 0.1) is 19.8 Å². The molecule has 1 saturated heterocycles. The van der Waals surface area contributed by atoms with E-state index < -0.39 is 0 Å². The van der Waals surface area contributed by atoms with Gasteiger partial charge in [-0.15, -0.1) is 24.0 Å². The van der Waals surface area contributed by atoms with Gasteiger partial charge in [-0.3, -0.25) is 9.79 Å². The lowest BCUT2D eigenvalue weighted by Crippen LogP contribution is -2.41. The van der Waals surface area contributed by atoms with Gasteiger partial charge in [-0.2, -0.15) is 0 Å². The average Bonchev–Trinajstić information content (AvgIpc) is 3.15. The van der Waals surface area contributed by atoms with Gasteiger partial charge in [-0.25, -0.2) is 0 Å². The number of nitrogens with one attached hydrogen (secondary N) is 3. The smallest absolute Gasteiger partial charge is 0.243 e. The molecule has 1 amide bonds. The minimum absolute atomic E-state index is 0. The SMILES string of the molecule is CN=C(NCCCOCC1CCOC1)NCC(=O)Nc1ccccc1.I. The Morgan fingerprint density at radius 1 is 1.31 bits per heavy atom. The van der Waals surface area contributed by atoms with Gasteiger partial charge >= 0.3 is 0 Å². The molecule has 1 fully saturated rings. The Bertz CT molecular complexity index is 536. The summed E-state index contributed by atoms with van der Waals surface area (Å²) < 4.78 is 11.0.